The van der Waals surface area contributed by atoms with Crippen molar-refractivity contribution in [1.29, 1.82) is 0 Å². The maximum Gasteiger partial charge on any atom is 0.260 e. The molecule has 0 unspecified atom stereocenters. The smallest absolute Gasteiger partial charge is 0.260 e. The predicted octanol–water partition coefficient (Wildman–Crippen LogP) is 4.87. The van der Waals surface area contributed by atoms with Gasteiger partial charge in [-0.2, -0.15) is 0 Å². The fraction of sp³-hybridized carbons (Fsp3) is 0.200. The number of rotatable bonds is 5. The molecule has 0 aliphatic carbocycles. The number of nitrogens with one attached hydrogen (secondary N) is 1. The fourth-order valence-electron chi connectivity index (χ4n) is 3.14. The molecule has 6 heteroatoms. The number of ether oxygens (including phenoxy) is 1. The average Bonchev–Trinajstić information content (AvgIpc) is 3.29. The average molecular weight is 383 g/mol. The van der Waals surface area contributed by atoms with E-state index >= 15 is 0 Å². The molecule has 4 nitrogen and oxygen atoms in total. The summed E-state index contributed by atoms with van der Waals surface area (Å²) in [5, 5.41) is 2.74. The lowest BCUT2D eigenvalue weighted by molar-refractivity contribution is 0.410. The number of benzene rings is 1. The van der Waals surface area contributed by atoms with Crippen LogP contribution >= 0.6 is 22.7 Å². The fourth-order valence-corrected chi connectivity index (χ4v) is 5.16. The van der Waals surface area contributed by atoms with E-state index in [0.29, 0.717) is 17.6 Å². The SMILES string of the molecule is CCc1sc2nc(Cc3ccccc3OC)[nH]c(=O)c2c1-c1cccs1. The quantitative estimate of drug-likeness (QED) is 0.535. The second-order valence-electron chi connectivity index (χ2n) is 5.91. The van der Waals surface area contributed by atoms with Gasteiger partial charge in [-0.1, -0.05) is 31.2 Å². The summed E-state index contributed by atoms with van der Waals surface area (Å²) in [6.45, 7) is 2.12. The van der Waals surface area contributed by atoms with Crippen molar-refractivity contribution in [2.24, 2.45) is 0 Å². The Balaban J connectivity index is 1.84. The molecule has 4 rings (SSSR count). The van der Waals surface area contributed by atoms with Crippen LogP contribution < -0.4 is 10.3 Å². The Hall–Kier alpha value is -2.44. The van der Waals surface area contributed by atoms with Gasteiger partial charge in [-0.05, 0) is 23.9 Å². The molecule has 0 bridgehead atoms. The van der Waals surface area contributed by atoms with Crippen LogP contribution in [0.15, 0.2) is 46.6 Å². The van der Waals surface area contributed by atoms with Crippen molar-refractivity contribution in [2.45, 2.75) is 19.8 Å². The van der Waals surface area contributed by atoms with Gasteiger partial charge in [0, 0.05) is 27.3 Å². The van der Waals surface area contributed by atoms with Gasteiger partial charge in [0.2, 0.25) is 0 Å². The summed E-state index contributed by atoms with van der Waals surface area (Å²) in [7, 11) is 1.65. The number of aromatic amines is 1. The molecule has 3 heterocycles. The lowest BCUT2D eigenvalue weighted by atomic mass is 10.1. The van der Waals surface area contributed by atoms with E-state index < -0.39 is 0 Å². The van der Waals surface area contributed by atoms with E-state index in [0.717, 1.165) is 33.0 Å². The predicted molar refractivity (Wildman–Crippen MR) is 109 cm³/mol. The molecule has 0 saturated carbocycles. The number of methoxy groups -OCH3 is 1. The minimum atomic E-state index is -0.0701. The minimum absolute atomic E-state index is 0.0701. The Bertz CT molecular complexity index is 1110. The summed E-state index contributed by atoms with van der Waals surface area (Å²) < 4.78 is 5.41. The van der Waals surface area contributed by atoms with Gasteiger partial charge in [0.25, 0.3) is 5.56 Å². The molecule has 0 spiro atoms. The summed E-state index contributed by atoms with van der Waals surface area (Å²) in [5.41, 5.74) is 1.97. The van der Waals surface area contributed by atoms with Crippen molar-refractivity contribution in [3.8, 4) is 16.2 Å². The number of para-hydroxylation sites is 1. The Kier molecular flexibility index (Phi) is 4.61. The maximum absolute atomic E-state index is 12.9. The van der Waals surface area contributed by atoms with Gasteiger partial charge >= 0.3 is 0 Å². The standard InChI is InChI=1S/C20H18N2O2S2/c1-3-14-17(15-9-6-10-25-15)18-19(23)21-16(22-20(18)26-14)11-12-7-4-5-8-13(12)24-2/h4-10H,3,11H2,1-2H3,(H,21,22,23). The summed E-state index contributed by atoms with van der Waals surface area (Å²) in [6.07, 6.45) is 1.42. The Morgan fingerprint density at radius 1 is 1.19 bits per heavy atom. The molecule has 1 aromatic carbocycles. The molecule has 132 valence electrons. The first-order valence-corrected chi connectivity index (χ1v) is 10.1. The normalized spacial score (nSPS) is 11.2. The summed E-state index contributed by atoms with van der Waals surface area (Å²) in [6, 6.07) is 11.9. The van der Waals surface area contributed by atoms with Crippen LogP contribution in [0.3, 0.4) is 0 Å². The zero-order valence-corrected chi connectivity index (χ0v) is 16.2. The van der Waals surface area contributed by atoms with E-state index in [2.05, 4.69) is 18.0 Å². The number of aryl methyl sites for hydroxylation is 1. The molecule has 0 fully saturated rings. The van der Waals surface area contributed by atoms with E-state index in [9.17, 15) is 4.79 Å². The third-order valence-electron chi connectivity index (χ3n) is 4.32. The Labute approximate surface area is 159 Å². The first-order chi connectivity index (χ1) is 12.7. The molecular formula is C20H18N2O2S2. The van der Waals surface area contributed by atoms with E-state index in [4.69, 9.17) is 9.72 Å². The van der Waals surface area contributed by atoms with Gasteiger partial charge in [-0.25, -0.2) is 4.98 Å². The largest absolute Gasteiger partial charge is 0.496 e. The molecule has 26 heavy (non-hydrogen) atoms. The van der Waals surface area contributed by atoms with E-state index in [1.54, 1.807) is 29.8 Å². The van der Waals surface area contributed by atoms with E-state index in [1.165, 1.54) is 4.88 Å². The Morgan fingerprint density at radius 2 is 2.04 bits per heavy atom. The van der Waals surface area contributed by atoms with Crippen LogP contribution in [0.4, 0.5) is 0 Å². The third-order valence-corrected chi connectivity index (χ3v) is 6.44. The zero-order valence-electron chi connectivity index (χ0n) is 14.5. The van der Waals surface area contributed by atoms with Gasteiger partial charge in [-0.3, -0.25) is 4.79 Å². The van der Waals surface area contributed by atoms with Crippen molar-refractivity contribution < 1.29 is 4.74 Å². The van der Waals surface area contributed by atoms with Gasteiger partial charge in [0.15, 0.2) is 0 Å². The van der Waals surface area contributed by atoms with E-state index in [1.807, 2.05) is 35.7 Å². The topological polar surface area (TPSA) is 55.0 Å². The maximum atomic E-state index is 12.9. The molecule has 4 aromatic rings. The first-order valence-electron chi connectivity index (χ1n) is 8.41. The number of fused-ring (bicyclic) bond motifs is 1. The zero-order chi connectivity index (χ0) is 18.1. The number of hydrogen-bond donors (Lipinski definition) is 1. The van der Waals surface area contributed by atoms with Gasteiger partial charge in [0.05, 0.1) is 12.5 Å². The molecule has 0 amide bonds. The highest BCUT2D eigenvalue weighted by atomic mass is 32.1. The monoisotopic (exact) mass is 382 g/mol. The number of H-pyrrole nitrogens is 1. The van der Waals surface area contributed by atoms with Crippen LogP contribution in [0.5, 0.6) is 5.75 Å². The molecule has 0 aliphatic rings. The molecule has 3 aromatic heterocycles. The van der Waals surface area contributed by atoms with Crippen molar-refractivity contribution in [3.05, 3.63) is 68.4 Å². The van der Waals surface area contributed by atoms with Gasteiger partial charge in [-0.15, -0.1) is 22.7 Å². The lowest BCUT2D eigenvalue weighted by Gasteiger charge is -2.07. The third kappa shape index (κ3) is 2.95. The first kappa shape index (κ1) is 17.0. The van der Waals surface area contributed by atoms with Crippen molar-refractivity contribution in [1.82, 2.24) is 9.97 Å². The van der Waals surface area contributed by atoms with Crippen LogP contribution in [-0.4, -0.2) is 17.1 Å². The van der Waals surface area contributed by atoms with Crippen LogP contribution in [0.25, 0.3) is 20.7 Å². The molecule has 0 atom stereocenters. The van der Waals surface area contributed by atoms with Crippen LogP contribution in [0.1, 0.15) is 23.2 Å². The van der Waals surface area contributed by atoms with Crippen molar-refractivity contribution in [3.63, 3.8) is 0 Å². The molecular weight excluding hydrogens is 364 g/mol. The van der Waals surface area contributed by atoms with Gasteiger partial charge < -0.3 is 9.72 Å². The summed E-state index contributed by atoms with van der Waals surface area (Å²) in [5.74, 6) is 1.46. The summed E-state index contributed by atoms with van der Waals surface area (Å²) >= 11 is 3.27. The minimum Gasteiger partial charge on any atom is -0.496 e. The summed E-state index contributed by atoms with van der Waals surface area (Å²) in [4.78, 5) is 23.7. The lowest BCUT2D eigenvalue weighted by Crippen LogP contribution is -2.12. The molecule has 0 radical (unpaired) electrons. The second kappa shape index (κ2) is 7.05. The van der Waals surface area contributed by atoms with Crippen molar-refractivity contribution in [2.75, 3.05) is 7.11 Å². The highest BCUT2D eigenvalue weighted by Crippen LogP contribution is 2.38. The van der Waals surface area contributed by atoms with Crippen LogP contribution in [0, 0.1) is 0 Å². The van der Waals surface area contributed by atoms with Gasteiger partial charge in [0.1, 0.15) is 16.4 Å². The second-order valence-corrected chi connectivity index (χ2v) is 7.94. The van der Waals surface area contributed by atoms with Crippen LogP contribution in [-0.2, 0) is 12.8 Å². The molecule has 0 aliphatic heterocycles. The van der Waals surface area contributed by atoms with Crippen LogP contribution in [0.2, 0.25) is 0 Å². The van der Waals surface area contributed by atoms with Crippen molar-refractivity contribution >= 4 is 32.9 Å². The number of thiophene rings is 2. The number of hydrogen-bond acceptors (Lipinski definition) is 5. The highest BCUT2D eigenvalue weighted by molar-refractivity contribution is 7.20. The number of aromatic nitrogens is 2. The Morgan fingerprint density at radius 3 is 2.77 bits per heavy atom. The molecule has 0 saturated heterocycles. The molecule has 1 N–H and O–H groups in total. The highest BCUT2D eigenvalue weighted by Gasteiger charge is 2.19. The van der Waals surface area contributed by atoms with E-state index in [-0.39, 0.29) is 5.56 Å². The number of nitrogens with zero attached hydrogens (tertiary/aromatic N) is 1.